The Bertz CT molecular complexity index is 457. The molecule has 1 aliphatic rings. The Hall–Kier alpha value is -1.53. The molecule has 17 heavy (non-hydrogen) atoms. The van der Waals surface area contributed by atoms with E-state index in [1.165, 1.54) is 12.1 Å². The van der Waals surface area contributed by atoms with Gasteiger partial charge in [0.15, 0.2) is 11.0 Å². The molecular formula is C10H10ClNO5. The van der Waals surface area contributed by atoms with Gasteiger partial charge in [-0.05, 0) is 23.7 Å². The molecule has 1 amide bonds. The zero-order valence-electron chi connectivity index (χ0n) is 8.67. The quantitative estimate of drug-likeness (QED) is 0.811. The highest BCUT2D eigenvalue weighted by Gasteiger charge is 2.40. The molecule has 2 unspecified atom stereocenters. The molecule has 0 bridgehead atoms. The largest absolute Gasteiger partial charge is 0.480 e. The molecule has 7 heteroatoms. The number of carboxylic acid groups (broad SMARTS) is 1. The summed E-state index contributed by atoms with van der Waals surface area (Å²) in [6.07, 6.45) is -0.805. The van der Waals surface area contributed by atoms with Gasteiger partial charge in [-0.1, -0.05) is 0 Å². The fraction of sp³-hybridized carbons (Fsp3) is 0.400. The van der Waals surface area contributed by atoms with Crippen LogP contribution in [0.25, 0.3) is 0 Å². The van der Waals surface area contributed by atoms with Crippen LogP contribution in [0.4, 0.5) is 0 Å². The lowest BCUT2D eigenvalue weighted by Gasteiger charge is -2.19. The van der Waals surface area contributed by atoms with Crippen molar-refractivity contribution in [2.45, 2.75) is 18.6 Å². The van der Waals surface area contributed by atoms with E-state index in [2.05, 4.69) is 0 Å². The van der Waals surface area contributed by atoms with E-state index < -0.39 is 24.0 Å². The number of carbonyl (C=O) groups is 2. The Morgan fingerprint density at radius 2 is 2.18 bits per heavy atom. The minimum absolute atomic E-state index is 0.0197. The predicted molar refractivity (Wildman–Crippen MR) is 56.8 cm³/mol. The minimum Gasteiger partial charge on any atom is -0.480 e. The van der Waals surface area contributed by atoms with E-state index >= 15 is 0 Å². The molecule has 6 nitrogen and oxygen atoms in total. The van der Waals surface area contributed by atoms with Gasteiger partial charge in [0.25, 0.3) is 5.91 Å². The van der Waals surface area contributed by atoms with Gasteiger partial charge in [-0.2, -0.15) is 0 Å². The Morgan fingerprint density at radius 3 is 2.71 bits per heavy atom. The molecule has 2 rings (SSSR count). The standard InChI is InChI=1S/C10H10ClNO5/c11-8-2-1-7(17-8)9(14)12-4-5(13)3-6(12)10(15)16/h1-2,5-6,13H,3-4H2,(H,15,16). The lowest BCUT2D eigenvalue weighted by atomic mass is 10.2. The molecule has 1 saturated heterocycles. The third kappa shape index (κ3) is 2.27. The van der Waals surface area contributed by atoms with Crippen molar-refractivity contribution in [3.63, 3.8) is 0 Å². The topological polar surface area (TPSA) is 91.0 Å². The highest BCUT2D eigenvalue weighted by atomic mass is 35.5. The van der Waals surface area contributed by atoms with Crippen LogP contribution in [-0.4, -0.2) is 45.7 Å². The first-order valence-electron chi connectivity index (χ1n) is 4.96. The van der Waals surface area contributed by atoms with Crippen molar-refractivity contribution in [2.75, 3.05) is 6.54 Å². The van der Waals surface area contributed by atoms with Gasteiger partial charge in [0.05, 0.1) is 6.10 Å². The van der Waals surface area contributed by atoms with Crippen molar-refractivity contribution in [1.82, 2.24) is 4.90 Å². The predicted octanol–water partition coefficient (Wildman–Crippen LogP) is 0.593. The maximum absolute atomic E-state index is 11.9. The van der Waals surface area contributed by atoms with E-state index in [0.717, 1.165) is 4.90 Å². The Labute approximate surface area is 101 Å². The summed E-state index contributed by atoms with van der Waals surface area (Å²) >= 11 is 5.54. The molecule has 0 spiro atoms. The maximum Gasteiger partial charge on any atom is 0.326 e. The van der Waals surface area contributed by atoms with E-state index in [1.807, 2.05) is 0 Å². The summed E-state index contributed by atoms with van der Waals surface area (Å²) in [5, 5.41) is 18.4. The summed E-state index contributed by atoms with van der Waals surface area (Å²) < 4.78 is 4.92. The highest BCUT2D eigenvalue weighted by molar-refractivity contribution is 6.29. The molecule has 2 atom stereocenters. The van der Waals surface area contributed by atoms with Gasteiger partial charge >= 0.3 is 5.97 Å². The maximum atomic E-state index is 11.9. The SMILES string of the molecule is O=C(O)C1CC(O)CN1C(=O)c1ccc(Cl)o1. The third-order valence-electron chi connectivity index (χ3n) is 2.61. The van der Waals surface area contributed by atoms with Crippen molar-refractivity contribution in [1.29, 1.82) is 0 Å². The summed E-state index contributed by atoms with van der Waals surface area (Å²) in [5.41, 5.74) is 0. The number of carboxylic acids is 1. The minimum atomic E-state index is -1.15. The van der Waals surface area contributed by atoms with Crippen LogP contribution in [-0.2, 0) is 4.79 Å². The van der Waals surface area contributed by atoms with Gasteiger partial charge in [-0.15, -0.1) is 0 Å². The van der Waals surface area contributed by atoms with Gasteiger partial charge in [0.2, 0.25) is 0 Å². The number of rotatable bonds is 2. The number of carbonyl (C=O) groups excluding carboxylic acids is 1. The van der Waals surface area contributed by atoms with Gasteiger partial charge in [-0.25, -0.2) is 4.79 Å². The van der Waals surface area contributed by atoms with Gasteiger partial charge < -0.3 is 19.5 Å². The number of β-amino-alcohol motifs (C(OH)–C–C–N with tert-alkyl or cyclic N) is 1. The van der Waals surface area contributed by atoms with Crippen LogP contribution >= 0.6 is 11.6 Å². The fourth-order valence-corrected chi connectivity index (χ4v) is 1.99. The Kier molecular flexibility index (Phi) is 3.08. The van der Waals surface area contributed by atoms with Crippen molar-refractivity contribution in [3.8, 4) is 0 Å². The van der Waals surface area contributed by atoms with Crippen LogP contribution in [0.2, 0.25) is 5.22 Å². The summed E-state index contributed by atoms with van der Waals surface area (Å²) in [7, 11) is 0. The number of nitrogens with zero attached hydrogens (tertiary/aromatic N) is 1. The fourth-order valence-electron chi connectivity index (χ4n) is 1.84. The van der Waals surface area contributed by atoms with E-state index in [1.54, 1.807) is 0 Å². The van der Waals surface area contributed by atoms with Crippen molar-refractivity contribution >= 4 is 23.5 Å². The average Bonchev–Trinajstić information content (AvgIpc) is 2.83. The number of aliphatic carboxylic acids is 1. The van der Waals surface area contributed by atoms with Gasteiger partial charge in [-0.3, -0.25) is 4.79 Å². The van der Waals surface area contributed by atoms with E-state index in [0.29, 0.717) is 0 Å². The molecule has 2 N–H and O–H groups in total. The second-order valence-corrected chi connectivity index (χ2v) is 4.18. The normalized spacial score (nSPS) is 24.0. The molecule has 0 aromatic carbocycles. The Morgan fingerprint density at radius 1 is 1.47 bits per heavy atom. The second-order valence-electron chi connectivity index (χ2n) is 3.80. The summed E-state index contributed by atoms with van der Waals surface area (Å²) in [6.45, 7) is -0.0197. The first-order valence-corrected chi connectivity index (χ1v) is 5.34. The molecule has 1 aromatic rings. The Balaban J connectivity index is 2.21. The summed E-state index contributed by atoms with van der Waals surface area (Å²) in [4.78, 5) is 23.9. The van der Waals surface area contributed by atoms with Crippen LogP contribution in [0.1, 0.15) is 17.0 Å². The lowest BCUT2D eigenvalue weighted by molar-refractivity contribution is -0.141. The lowest BCUT2D eigenvalue weighted by Crippen LogP contribution is -2.40. The summed E-state index contributed by atoms with van der Waals surface area (Å²) in [6, 6.07) is 1.74. The monoisotopic (exact) mass is 259 g/mol. The number of halogens is 1. The number of aliphatic hydroxyl groups is 1. The van der Waals surface area contributed by atoms with Crippen LogP contribution in [0.3, 0.4) is 0 Å². The van der Waals surface area contributed by atoms with Gasteiger partial charge in [0, 0.05) is 13.0 Å². The first-order chi connectivity index (χ1) is 7.99. The first kappa shape index (κ1) is 11.9. The number of furan rings is 1. The van der Waals surface area contributed by atoms with Gasteiger partial charge in [0.1, 0.15) is 6.04 Å². The number of aliphatic hydroxyl groups excluding tert-OH is 1. The number of hydrogen-bond acceptors (Lipinski definition) is 4. The van der Waals surface area contributed by atoms with E-state index in [4.69, 9.17) is 21.1 Å². The molecule has 1 fully saturated rings. The highest BCUT2D eigenvalue weighted by Crippen LogP contribution is 2.22. The molecular weight excluding hydrogens is 250 g/mol. The number of amides is 1. The zero-order valence-corrected chi connectivity index (χ0v) is 9.42. The van der Waals surface area contributed by atoms with Crippen LogP contribution in [0.15, 0.2) is 16.5 Å². The van der Waals surface area contributed by atoms with Crippen molar-refractivity contribution < 1.29 is 24.2 Å². The molecule has 1 aromatic heterocycles. The molecule has 0 saturated carbocycles. The van der Waals surface area contributed by atoms with Crippen LogP contribution in [0.5, 0.6) is 0 Å². The number of hydrogen-bond donors (Lipinski definition) is 2. The number of likely N-dealkylation sites (tertiary alicyclic amines) is 1. The summed E-state index contributed by atoms with van der Waals surface area (Å²) in [5.74, 6) is -1.76. The van der Waals surface area contributed by atoms with Crippen molar-refractivity contribution in [2.24, 2.45) is 0 Å². The second kappa shape index (κ2) is 4.38. The van der Waals surface area contributed by atoms with E-state index in [-0.39, 0.29) is 23.9 Å². The smallest absolute Gasteiger partial charge is 0.326 e. The molecule has 1 aliphatic heterocycles. The zero-order chi connectivity index (χ0) is 12.6. The molecule has 92 valence electrons. The van der Waals surface area contributed by atoms with Crippen molar-refractivity contribution in [3.05, 3.63) is 23.1 Å². The molecule has 0 aliphatic carbocycles. The van der Waals surface area contributed by atoms with Crippen LogP contribution < -0.4 is 0 Å². The average molecular weight is 260 g/mol. The van der Waals surface area contributed by atoms with Crippen LogP contribution in [0, 0.1) is 0 Å². The molecule has 2 heterocycles. The third-order valence-corrected chi connectivity index (χ3v) is 2.81. The van der Waals surface area contributed by atoms with E-state index in [9.17, 15) is 14.7 Å². The molecule has 0 radical (unpaired) electrons.